The number of benzene rings is 1. The molecule has 2 fully saturated rings. The Labute approximate surface area is 138 Å². The monoisotopic (exact) mass is 372 g/mol. The van der Waals surface area contributed by atoms with Crippen molar-refractivity contribution in [1.82, 2.24) is 0 Å². The number of rotatable bonds is 4. The lowest BCUT2D eigenvalue weighted by molar-refractivity contribution is -0.0961. The van der Waals surface area contributed by atoms with Crippen LogP contribution < -0.4 is 9.47 Å². The molecule has 2 saturated heterocycles. The van der Waals surface area contributed by atoms with E-state index in [0.717, 1.165) is 48.5 Å². The summed E-state index contributed by atoms with van der Waals surface area (Å²) in [7, 11) is 1.69. The standard InChI is InChI=1S/C16H21BrO3S/c1-18-14-3-2-12(10-17)8-15(14)20-13-4-6-19-16(9-13)5-7-21-11-16/h2-3,8,13H,4-7,9-11H2,1H3. The Bertz CT molecular complexity index is 488. The highest BCUT2D eigenvalue weighted by atomic mass is 79.9. The predicted molar refractivity (Wildman–Crippen MR) is 89.9 cm³/mol. The SMILES string of the molecule is COc1ccc(CBr)cc1OC1CCOC2(CCSC2)C1. The summed E-state index contributed by atoms with van der Waals surface area (Å²) >= 11 is 5.48. The number of ether oxygens (including phenoxy) is 3. The van der Waals surface area contributed by atoms with Crippen molar-refractivity contribution in [3.05, 3.63) is 23.8 Å². The van der Waals surface area contributed by atoms with Gasteiger partial charge < -0.3 is 14.2 Å². The quantitative estimate of drug-likeness (QED) is 0.745. The van der Waals surface area contributed by atoms with Gasteiger partial charge >= 0.3 is 0 Å². The molecule has 2 aliphatic heterocycles. The van der Waals surface area contributed by atoms with Crippen LogP contribution in [0.2, 0.25) is 0 Å². The average molecular weight is 373 g/mol. The van der Waals surface area contributed by atoms with Crippen molar-refractivity contribution in [3.8, 4) is 11.5 Å². The van der Waals surface area contributed by atoms with Crippen LogP contribution in [0, 0.1) is 0 Å². The van der Waals surface area contributed by atoms with E-state index in [2.05, 4.69) is 28.1 Å². The molecular formula is C16H21BrO3S. The Balaban J connectivity index is 1.73. The highest BCUT2D eigenvalue weighted by Crippen LogP contribution is 2.40. The van der Waals surface area contributed by atoms with Gasteiger partial charge in [0.05, 0.1) is 19.3 Å². The summed E-state index contributed by atoms with van der Waals surface area (Å²) in [5, 5.41) is 0.821. The maximum Gasteiger partial charge on any atom is 0.161 e. The van der Waals surface area contributed by atoms with E-state index in [1.807, 2.05) is 17.8 Å². The zero-order valence-corrected chi connectivity index (χ0v) is 14.7. The molecule has 2 unspecified atom stereocenters. The summed E-state index contributed by atoms with van der Waals surface area (Å²) in [6, 6.07) is 6.10. The molecule has 0 radical (unpaired) electrons. The zero-order valence-electron chi connectivity index (χ0n) is 12.3. The zero-order chi connectivity index (χ0) is 14.7. The molecule has 0 amide bonds. The lowest BCUT2D eigenvalue weighted by Gasteiger charge is -2.37. The van der Waals surface area contributed by atoms with E-state index in [1.54, 1.807) is 7.11 Å². The fourth-order valence-electron chi connectivity index (χ4n) is 3.02. The Hall–Kier alpha value is -0.390. The minimum atomic E-state index is 0.0495. The molecule has 1 spiro atoms. The molecule has 3 nitrogen and oxygen atoms in total. The van der Waals surface area contributed by atoms with Crippen molar-refractivity contribution < 1.29 is 14.2 Å². The van der Waals surface area contributed by atoms with Crippen molar-refractivity contribution in [1.29, 1.82) is 0 Å². The number of alkyl halides is 1. The van der Waals surface area contributed by atoms with E-state index in [9.17, 15) is 0 Å². The van der Waals surface area contributed by atoms with Gasteiger partial charge in [-0.1, -0.05) is 22.0 Å². The summed E-state index contributed by atoms with van der Waals surface area (Å²) < 4.78 is 17.8. The molecule has 0 saturated carbocycles. The van der Waals surface area contributed by atoms with Gasteiger partial charge in [0.15, 0.2) is 11.5 Å². The van der Waals surface area contributed by atoms with Gasteiger partial charge in [0.2, 0.25) is 0 Å². The Morgan fingerprint density at radius 3 is 3.05 bits per heavy atom. The summed E-state index contributed by atoms with van der Waals surface area (Å²) in [5.74, 6) is 3.96. The molecule has 116 valence electrons. The number of methoxy groups -OCH3 is 1. The van der Waals surface area contributed by atoms with Crippen LogP contribution in [0.5, 0.6) is 11.5 Å². The molecule has 2 atom stereocenters. The molecule has 3 rings (SSSR count). The molecule has 2 heterocycles. The summed E-state index contributed by atoms with van der Waals surface area (Å²) in [4.78, 5) is 0. The molecule has 0 aromatic heterocycles. The van der Waals surface area contributed by atoms with Crippen molar-refractivity contribution in [2.75, 3.05) is 25.2 Å². The molecule has 0 bridgehead atoms. The van der Waals surface area contributed by atoms with Crippen molar-refractivity contribution in [2.45, 2.75) is 36.3 Å². The summed E-state index contributed by atoms with van der Waals surface area (Å²) in [6.07, 6.45) is 3.31. The van der Waals surface area contributed by atoms with E-state index in [1.165, 1.54) is 11.3 Å². The van der Waals surface area contributed by atoms with E-state index in [4.69, 9.17) is 14.2 Å². The summed E-state index contributed by atoms with van der Waals surface area (Å²) in [5.41, 5.74) is 1.25. The third-order valence-electron chi connectivity index (χ3n) is 4.19. The first-order valence-corrected chi connectivity index (χ1v) is 9.63. The van der Waals surface area contributed by atoms with E-state index < -0.39 is 0 Å². The lowest BCUT2D eigenvalue weighted by Crippen LogP contribution is -2.43. The molecule has 5 heteroatoms. The van der Waals surface area contributed by atoms with E-state index in [0.29, 0.717) is 0 Å². The van der Waals surface area contributed by atoms with Gasteiger partial charge in [-0.2, -0.15) is 11.8 Å². The van der Waals surface area contributed by atoms with Crippen LogP contribution in [0.4, 0.5) is 0 Å². The van der Waals surface area contributed by atoms with Gasteiger partial charge in [0, 0.05) is 23.9 Å². The predicted octanol–water partition coefficient (Wildman–Crippen LogP) is 4.02. The fourth-order valence-corrected chi connectivity index (χ4v) is 4.75. The number of halogens is 1. The molecule has 21 heavy (non-hydrogen) atoms. The highest BCUT2D eigenvalue weighted by molar-refractivity contribution is 9.08. The van der Waals surface area contributed by atoms with Crippen LogP contribution in [-0.2, 0) is 10.1 Å². The second-order valence-electron chi connectivity index (χ2n) is 5.69. The van der Waals surface area contributed by atoms with Gasteiger partial charge in [-0.05, 0) is 29.9 Å². The average Bonchev–Trinajstić information content (AvgIpc) is 2.95. The first-order chi connectivity index (χ1) is 10.2. The molecule has 1 aromatic rings. The maximum absolute atomic E-state index is 6.27. The van der Waals surface area contributed by atoms with Crippen LogP contribution in [0.25, 0.3) is 0 Å². The Morgan fingerprint density at radius 2 is 2.33 bits per heavy atom. The minimum absolute atomic E-state index is 0.0495. The van der Waals surface area contributed by atoms with Crippen molar-refractivity contribution in [3.63, 3.8) is 0 Å². The minimum Gasteiger partial charge on any atom is -0.493 e. The topological polar surface area (TPSA) is 27.7 Å². The second-order valence-corrected chi connectivity index (χ2v) is 7.35. The Kier molecular flexibility index (Phi) is 5.02. The van der Waals surface area contributed by atoms with Crippen molar-refractivity contribution in [2.24, 2.45) is 0 Å². The Morgan fingerprint density at radius 1 is 1.43 bits per heavy atom. The van der Waals surface area contributed by atoms with Gasteiger partial charge in [-0.3, -0.25) is 0 Å². The molecule has 0 N–H and O–H groups in total. The third-order valence-corrected chi connectivity index (χ3v) is 6.06. The van der Waals surface area contributed by atoms with Gasteiger partial charge in [0.1, 0.15) is 6.10 Å². The second kappa shape index (κ2) is 6.80. The smallest absolute Gasteiger partial charge is 0.161 e. The van der Waals surface area contributed by atoms with Crippen molar-refractivity contribution >= 4 is 27.7 Å². The van der Waals surface area contributed by atoms with Crippen LogP contribution in [0.15, 0.2) is 18.2 Å². The van der Waals surface area contributed by atoms with E-state index in [-0.39, 0.29) is 11.7 Å². The van der Waals surface area contributed by atoms with Crippen LogP contribution in [0.1, 0.15) is 24.8 Å². The molecule has 2 aliphatic rings. The van der Waals surface area contributed by atoms with Crippen LogP contribution in [-0.4, -0.2) is 36.9 Å². The summed E-state index contributed by atoms with van der Waals surface area (Å²) in [6.45, 7) is 0.797. The normalized spacial score (nSPS) is 28.8. The number of hydrogen-bond donors (Lipinski definition) is 0. The molecule has 1 aromatic carbocycles. The van der Waals surface area contributed by atoms with E-state index >= 15 is 0 Å². The number of thioether (sulfide) groups is 1. The van der Waals surface area contributed by atoms with Gasteiger partial charge in [-0.25, -0.2) is 0 Å². The third kappa shape index (κ3) is 3.51. The van der Waals surface area contributed by atoms with Crippen LogP contribution >= 0.6 is 27.7 Å². The number of hydrogen-bond acceptors (Lipinski definition) is 4. The fraction of sp³-hybridized carbons (Fsp3) is 0.625. The lowest BCUT2D eigenvalue weighted by atomic mass is 9.91. The first-order valence-electron chi connectivity index (χ1n) is 7.36. The largest absolute Gasteiger partial charge is 0.493 e. The first kappa shape index (κ1) is 15.5. The molecule has 0 aliphatic carbocycles. The van der Waals surface area contributed by atoms with Gasteiger partial charge in [0.25, 0.3) is 0 Å². The highest BCUT2D eigenvalue weighted by Gasteiger charge is 2.41. The van der Waals surface area contributed by atoms with Crippen LogP contribution in [0.3, 0.4) is 0 Å². The maximum atomic E-state index is 6.27. The van der Waals surface area contributed by atoms with Gasteiger partial charge in [-0.15, -0.1) is 0 Å². The molecular weight excluding hydrogens is 352 g/mol.